The van der Waals surface area contributed by atoms with Crippen molar-refractivity contribution >= 4 is 28.4 Å². The highest BCUT2D eigenvalue weighted by molar-refractivity contribution is 8.14. The van der Waals surface area contributed by atoms with Crippen LogP contribution in [0.1, 0.15) is 31.1 Å². The van der Waals surface area contributed by atoms with E-state index in [2.05, 4.69) is 38.1 Å². The monoisotopic (exact) mass is 328 g/mol. The maximum Gasteiger partial charge on any atom is 0.111 e. The minimum absolute atomic E-state index is 0.492. The molecule has 1 aliphatic heterocycles. The van der Waals surface area contributed by atoms with Crippen LogP contribution < -0.4 is 0 Å². The van der Waals surface area contributed by atoms with Crippen LogP contribution in [-0.2, 0) is 0 Å². The van der Waals surface area contributed by atoms with Gasteiger partial charge in [-0.25, -0.2) is 0 Å². The van der Waals surface area contributed by atoms with E-state index in [1.165, 1.54) is 10.5 Å². The minimum atomic E-state index is -0.552. The highest BCUT2D eigenvalue weighted by Gasteiger charge is 2.30. The maximum atomic E-state index is 10.9. The van der Waals surface area contributed by atoms with E-state index in [0.717, 1.165) is 10.5 Å². The maximum absolute atomic E-state index is 10.9. The first-order chi connectivity index (χ1) is 10.7. The van der Waals surface area contributed by atoms with Crippen molar-refractivity contribution in [2.45, 2.75) is 30.5 Å². The van der Waals surface area contributed by atoms with Gasteiger partial charge in [0, 0.05) is 20.3 Å². The summed E-state index contributed by atoms with van der Waals surface area (Å²) in [4.78, 5) is 2.29. The lowest BCUT2D eigenvalue weighted by atomic mass is 10.1. The Morgan fingerprint density at radius 1 is 0.818 bits per heavy atom. The fourth-order valence-electron chi connectivity index (χ4n) is 2.46. The minimum Gasteiger partial charge on any atom is -0.383 e. The van der Waals surface area contributed by atoms with Gasteiger partial charge in [-0.15, -0.1) is 23.5 Å². The first kappa shape index (κ1) is 15.7. The fourth-order valence-corrected chi connectivity index (χ4v) is 5.23. The third-order valence-corrected chi connectivity index (χ3v) is 7.14. The van der Waals surface area contributed by atoms with Gasteiger partial charge in [0.1, 0.15) is 6.10 Å². The Labute approximate surface area is 140 Å². The van der Waals surface area contributed by atoms with Crippen LogP contribution in [0, 0.1) is 0 Å². The standard InChI is InChI=1S/C19H20OS2/c1-13-14(2)22-19(17(20)15-9-5-3-6-10-15)18(21-13)16-11-7-4-8-12-16/h3-14,17,20H,1-2H3/t13-,14-,17+/m0/s1. The summed E-state index contributed by atoms with van der Waals surface area (Å²) in [5.41, 5.74) is 2.16. The van der Waals surface area contributed by atoms with E-state index in [1.807, 2.05) is 59.9 Å². The van der Waals surface area contributed by atoms with Gasteiger partial charge >= 0.3 is 0 Å². The largest absolute Gasteiger partial charge is 0.383 e. The second kappa shape index (κ2) is 6.95. The van der Waals surface area contributed by atoms with Gasteiger partial charge in [0.2, 0.25) is 0 Å². The summed E-state index contributed by atoms with van der Waals surface area (Å²) in [5, 5.41) is 11.9. The molecule has 2 aromatic rings. The molecular weight excluding hydrogens is 308 g/mol. The van der Waals surface area contributed by atoms with Crippen molar-refractivity contribution < 1.29 is 5.11 Å². The molecule has 0 unspecified atom stereocenters. The van der Waals surface area contributed by atoms with Crippen LogP contribution in [0.2, 0.25) is 0 Å². The summed E-state index contributed by atoms with van der Waals surface area (Å²) < 4.78 is 0. The smallest absolute Gasteiger partial charge is 0.111 e. The number of hydrogen-bond donors (Lipinski definition) is 1. The Hall–Kier alpha value is -1.16. The highest BCUT2D eigenvalue weighted by Crippen LogP contribution is 2.51. The van der Waals surface area contributed by atoms with E-state index >= 15 is 0 Å². The molecule has 0 radical (unpaired) electrons. The molecule has 0 amide bonds. The number of hydrogen-bond acceptors (Lipinski definition) is 3. The molecule has 2 aromatic carbocycles. The van der Waals surface area contributed by atoms with Crippen molar-refractivity contribution in [3.63, 3.8) is 0 Å². The van der Waals surface area contributed by atoms with Crippen molar-refractivity contribution in [1.82, 2.24) is 0 Å². The number of rotatable bonds is 3. The van der Waals surface area contributed by atoms with Crippen LogP contribution in [0.4, 0.5) is 0 Å². The molecule has 3 atom stereocenters. The average Bonchev–Trinajstić information content (AvgIpc) is 2.58. The van der Waals surface area contributed by atoms with Gasteiger partial charge in [0.15, 0.2) is 0 Å². The molecule has 0 saturated heterocycles. The number of benzene rings is 2. The van der Waals surface area contributed by atoms with E-state index in [4.69, 9.17) is 0 Å². The van der Waals surface area contributed by atoms with Crippen LogP contribution >= 0.6 is 23.5 Å². The zero-order valence-corrected chi connectivity index (χ0v) is 14.4. The van der Waals surface area contributed by atoms with Crippen LogP contribution in [0.5, 0.6) is 0 Å². The molecule has 1 heterocycles. The fraction of sp³-hybridized carbons (Fsp3) is 0.263. The Morgan fingerprint density at radius 3 is 2.00 bits per heavy atom. The quantitative estimate of drug-likeness (QED) is 0.820. The molecule has 3 rings (SSSR count). The predicted octanol–water partition coefficient (Wildman–Crippen LogP) is 5.35. The molecule has 0 aliphatic carbocycles. The molecule has 0 fully saturated rings. The van der Waals surface area contributed by atoms with E-state index in [9.17, 15) is 5.11 Å². The van der Waals surface area contributed by atoms with E-state index in [1.54, 1.807) is 0 Å². The molecule has 1 nitrogen and oxygen atoms in total. The van der Waals surface area contributed by atoms with Gasteiger partial charge in [0.05, 0.1) is 0 Å². The van der Waals surface area contributed by atoms with Crippen LogP contribution in [0.25, 0.3) is 4.91 Å². The van der Waals surface area contributed by atoms with E-state index < -0.39 is 6.10 Å². The van der Waals surface area contributed by atoms with Gasteiger partial charge in [-0.05, 0) is 11.1 Å². The van der Waals surface area contributed by atoms with Gasteiger partial charge in [-0.2, -0.15) is 0 Å². The molecular formula is C19H20OS2. The van der Waals surface area contributed by atoms with Crippen molar-refractivity contribution in [2.75, 3.05) is 0 Å². The summed E-state index contributed by atoms with van der Waals surface area (Å²) in [5.74, 6) is 0. The van der Waals surface area contributed by atoms with Crippen LogP contribution in [-0.4, -0.2) is 15.6 Å². The second-order valence-corrected chi connectivity index (χ2v) is 8.33. The predicted molar refractivity (Wildman–Crippen MR) is 98.9 cm³/mol. The van der Waals surface area contributed by atoms with Crippen molar-refractivity contribution in [3.05, 3.63) is 76.7 Å². The Balaban J connectivity index is 2.05. The topological polar surface area (TPSA) is 20.2 Å². The van der Waals surface area contributed by atoms with Crippen molar-refractivity contribution in [3.8, 4) is 0 Å². The van der Waals surface area contributed by atoms with Crippen molar-refractivity contribution in [1.29, 1.82) is 0 Å². The lowest BCUT2D eigenvalue weighted by molar-refractivity contribution is 0.225. The van der Waals surface area contributed by atoms with Gasteiger partial charge in [-0.3, -0.25) is 0 Å². The Kier molecular flexibility index (Phi) is 4.97. The number of aliphatic hydroxyl groups excluding tert-OH is 1. The number of thioether (sulfide) groups is 2. The third kappa shape index (κ3) is 3.27. The molecule has 0 bridgehead atoms. The summed E-state index contributed by atoms with van der Waals surface area (Å²) in [6.07, 6.45) is -0.552. The second-order valence-electron chi connectivity index (χ2n) is 5.52. The summed E-state index contributed by atoms with van der Waals surface area (Å²) >= 11 is 3.69. The summed E-state index contributed by atoms with van der Waals surface area (Å²) in [6.45, 7) is 4.50. The van der Waals surface area contributed by atoms with Crippen LogP contribution in [0.3, 0.4) is 0 Å². The molecule has 3 heteroatoms. The lowest BCUT2D eigenvalue weighted by Gasteiger charge is -2.31. The highest BCUT2D eigenvalue weighted by atomic mass is 32.2. The van der Waals surface area contributed by atoms with Gasteiger partial charge in [0.25, 0.3) is 0 Å². The normalized spacial score (nSPS) is 23.4. The molecule has 114 valence electrons. The van der Waals surface area contributed by atoms with Crippen molar-refractivity contribution in [2.24, 2.45) is 0 Å². The molecule has 0 saturated carbocycles. The first-order valence-corrected chi connectivity index (χ1v) is 9.28. The zero-order chi connectivity index (χ0) is 15.5. The van der Waals surface area contributed by atoms with Crippen LogP contribution in [0.15, 0.2) is 65.6 Å². The number of aliphatic hydroxyl groups is 1. The Morgan fingerprint density at radius 2 is 1.36 bits per heavy atom. The van der Waals surface area contributed by atoms with Gasteiger partial charge in [-0.1, -0.05) is 74.5 Å². The molecule has 22 heavy (non-hydrogen) atoms. The lowest BCUT2D eigenvalue weighted by Crippen LogP contribution is -2.19. The SMILES string of the molecule is C[C@@H]1SC(c2ccccc2)=C([C@H](O)c2ccccc2)S[C@H]1C. The van der Waals surface area contributed by atoms with E-state index in [0.29, 0.717) is 10.5 Å². The summed E-state index contributed by atoms with van der Waals surface area (Å²) in [6, 6.07) is 20.3. The average molecular weight is 329 g/mol. The molecule has 0 spiro atoms. The zero-order valence-electron chi connectivity index (χ0n) is 12.8. The Bertz CT molecular complexity index is 652. The first-order valence-electron chi connectivity index (χ1n) is 7.52. The molecule has 1 N–H and O–H groups in total. The molecule has 1 aliphatic rings. The van der Waals surface area contributed by atoms with Gasteiger partial charge < -0.3 is 5.11 Å². The van der Waals surface area contributed by atoms with E-state index in [-0.39, 0.29) is 0 Å². The molecule has 0 aromatic heterocycles. The summed E-state index contributed by atoms with van der Waals surface area (Å²) in [7, 11) is 0. The third-order valence-electron chi connectivity index (χ3n) is 3.90.